The number of nitrogens with one attached hydrogen (secondary N) is 1. The highest BCUT2D eigenvalue weighted by molar-refractivity contribution is 8.06. The third kappa shape index (κ3) is 3.69. The number of benzene rings is 1. The molecule has 1 N–H and O–H groups in total. The van der Waals surface area contributed by atoms with Crippen molar-refractivity contribution in [2.24, 2.45) is 4.99 Å². The molecule has 0 spiro atoms. The van der Waals surface area contributed by atoms with E-state index in [0.29, 0.717) is 5.04 Å². The summed E-state index contributed by atoms with van der Waals surface area (Å²) in [5, 5.41) is 2.72. The lowest BCUT2D eigenvalue weighted by molar-refractivity contribution is -0.127. The first kappa shape index (κ1) is 19.4. The van der Waals surface area contributed by atoms with E-state index < -0.39 is 40.9 Å². The summed E-state index contributed by atoms with van der Waals surface area (Å²) < 4.78 is 46.1. The van der Waals surface area contributed by atoms with Gasteiger partial charge >= 0.3 is 6.09 Å². The van der Waals surface area contributed by atoms with E-state index in [1.807, 2.05) is 0 Å². The number of amides is 2. The minimum Gasteiger partial charge on any atom is -0.610 e. The molecule has 2 aliphatic heterocycles. The third-order valence-corrected chi connectivity index (χ3v) is 5.76. The van der Waals surface area contributed by atoms with E-state index in [0.717, 1.165) is 17.0 Å². The van der Waals surface area contributed by atoms with Gasteiger partial charge in [-0.05, 0) is 0 Å². The maximum absolute atomic E-state index is 14.7. The number of rotatable bonds is 3. The van der Waals surface area contributed by atoms with Crippen molar-refractivity contribution in [3.05, 3.63) is 23.8 Å². The van der Waals surface area contributed by atoms with Crippen molar-refractivity contribution < 1.29 is 27.7 Å². The van der Waals surface area contributed by atoms with Crippen molar-refractivity contribution in [1.29, 1.82) is 0 Å². The predicted molar refractivity (Wildman–Crippen MR) is 96.6 cm³/mol. The quantitative estimate of drug-likeness (QED) is 0.751. The molecule has 1 aromatic carbocycles. The van der Waals surface area contributed by atoms with Crippen LogP contribution in [0.5, 0.6) is 0 Å². The van der Waals surface area contributed by atoms with Gasteiger partial charge in [0.1, 0.15) is 18.0 Å². The summed E-state index contributed by atoms with van der Waals surface area (Å²) in [7, 11) is 2.88. The predicted octanol–water partition coefficient (Wildman–Crippen LogP) is 0.633. The van der Waals surface area contributed by atoms with Gasteiger partial charge in [-0.3, -0.25) is 9.69 Å². The number of halogens is 2. The Morgan fingerprint density at radius 3 is 2.67 bits per heavy atom. The number of ether oxygens (including phenoxy) is 1. The molecule has 2 fully saturated rings. The number of carbonyl (C=O) groups excluding carboxylic acids is 2. The molecule has 8 nitrogen and oxygen atoms in total. The topological polar surface area (TPSA) is 97.3 Å². The molecule has 0 aliphatic carbocycles. The van der Waals surface area contributed by atoms with Gasteiger partial charge in [-0.1, -0.05) is 0 Å². The fourth-order valence-electron chi connectivity index (χ4n) is 2.97. The van der Waals surface area contributed by atoms with E-state index in [1.54, 1.807) is 0 Å². The van der Waals surface area contributed by atoms with Gasteiger partial charge in [-0.2, -0.15) is 0 Å². The normalized spacial score (nSPS) is 24.3. The van der Waals surface area contributed by atoms with Crippen LogP contribution < -0.4 is 15.1 Å². The van der Waals surface area contributed by atoms with Crippen LogP contribution in [0.15, 0.2) is 17.1 Å². The standard InChI is InChI=1S/C16H18F2N4O4S/c1-19-13-8-21(3-4-27(13)25)14-10(17)5-9(6-11(14)18)22-7-12(15(23)20-2)26-16(22)24/h5-6,12H,3-4,7-8H2,1-2H3,(H,20,23)/b19-13+/t12-,27?/m1/s1. The molecular formula is C16H18F2N4O4S. The average molecular weight is 400 g/mol. The molecule has 1 aromatic rings. The molecule has 11 heteroatoms. The molecule has 1 unspecified atom stereocenters. The molecule has 0 bridgehead atoms. The molecule has 2 saturated heterocycles. The van der Waals surface area contributed by atoms with Crippen LogP contribution in [-0.4, -0.2) is 67.2 Å². The van der Waals surface area contributed by atoms with Crippen LogP contribution >= 0.6 is 0 Å². The van der Waals surface area contributed by atoms with Crippen molar-refractivity contribution in [3.8, 4) is 0 Å². The Kier molecular flexibility index (Phi) is 5.51. The molecule has 2 atom stereocenters. The summed E-state index contributed by atoms with van der Waals surface area (Å²) in [6.07, 6.45) is -1.90. The Hall–Kier alpha value is -2.40. The Balaban J connectivity index is 1.86. The van der Waals surface area contributed by atoms with Crippen LogP contribution in [0, 0.1) is 11.6 Å². The van der Waals surface area contributed by atoms with Gasteiger partial charge in [0.25, 0.3) is 5.91 Å². The van der Waals surface area contributed by atoms with Crippen LogP contribution in [0.2, 0.25) is 0 Å². The second-order valence-corrected chi connectivity index (χ2v) is 7.51. The van der Waals surface area contributed by atoms with E-state index in [2.05, 4.69) is 10.3 Å². The van der Waals surface area contributed by atoms with Gasteiger partial charge in [-0.25, -0.2) is 18.6 Å². The maximum Gasteiger partial charge on any atom is 0.415 e. The van der Waals surface area contributed by atoms with Gasteiger partial charge in [0.15, 0.2) is 17.7 Å². The lowest BCUT2D eigenvalue weighted by Gasteiger charge is -2.31. The van der Waals surface area contributed by atoms with Gasteiger partial charge in [0, 0.05) is 37.4 Å². The van der Waals surface area contributed by atoms with E-state index in [9.17, 15) is 22.9 Å². The molecule has 0 radical (unpaired) electrons. The summed E-state index contributed by atoms with van der Waals surface area (Å²) in [5.41, 5.74) is -0.317. The number of anilines is 2. The van der Waals surface area contributed by atoms with Crippen molar-refractivity contribution in [1.82, 2.24) is 5.32 Å². The minimum absolute atomic E-state index is 0.0462. The fourth-order valence-corrected chi connectivity index (χ4v) is 4.10. The average Bonchev–Trinajstić information content (AvgIpc) is 3.03. The maximum atomic E-state index is 14.7. The van der Waals surface area contributed by atoms with Gasteiger partial charge in [0.2, 0.25) is 5.04 Å². The van der Waals surface area contributed by atoms with Crippen molar-refractivity contribution in [2.45, 2.75) is 6.10 Å². The van der Waals surface area contributed by atoms with Crippen LogP contribution in [0.25, 0.3) is 0 Å². The summed E-state index contributed by atoms with van der Waals surface area (Å²) in [4.78, 5) is 29.9. The molecule has 146 valence electrons. The van der Waals surface area contributed by atoms with E-state index in [4.69, 9.17) is 4.74 Å². The van der Waals surface area contributed by atoms with Gasteiger partial charge < -0.3 is 19.5 Å². The highest BCUT2D eigenvalue weighted by Gasteiger charge is 2.38. The second kappa shape index (κ2) is 7.69. The highest BCUT2D eigenvalue weighted by Crippen LogP contribution is 2.32. The Morgan fingerprint density at radius 1 is 1.41 bits per heavy atom. The zero-order valence-corrected chi connectivity index (χ0v) is 15.5. The van der Waals surface area contributed by atoms with Crippen molar-refractivity contribution >= 4 is 39.6 Å². The number of hydrogen-bond donors (Lipinski definition) is 1. The Labute approximate surface area is 157 Å². The summed E-state index contributed by atoms with van der Waals surface area (Å²) in [6, 6.07) is 2.03. The second-order valence-electron chi connectivity index (χ2n) is 5.94. The summed E-state index contributed by atoms with van der Waals surface area (Å²) >= 11 is -1.25. The SMILES string of the molecule is C/N=C1\CN(c2c(F)cc(N3C[C@H](C(=O)NC)OC3=O)cc2F)CC[S+]1[O-]. The smallest absolute Gasteiger partial charge is 0.415 e. The number of aliphatic imine (C=N–C) groups is 1. The van der Waals surface area contributed by atoms with Crippen LogP contribution in [0.4, 0.5) is 25.0 Å². The van der Waals surface area contributed by atoms with E-state index >= 15 is 0 Å². The van der Waals surface area contributed by atoms with Gasteiger partial charge in [-0.15, -0.1) is 0 Å². The number of nitrogens with zero attached hydrogens (tertiary/aromatic N) is 3. The van der Waals surface area contributed by atoms with Crippen LogP contribution in [0.1, 0.15) is 0 Å². The third-order valence-electron chi connectivity index (χ3n) is 4.37. The molecule has 0 saturated carbocycles. The first-order chi connectivity index (χ1) is 12.8. The zero-order valence-electron chi connectivity index (χ0n) is 14.7. The van der Waals surface area contributed by atoms with Crippen molar-refractivity contribution in [2.75, 3.05) is 49.3 Å². The van der Waals surface area contributed by atoms with Crippen molar-refractivity contribution in [3.63, 3.8) is 0 Å². The molecule has 0 aromatic heterocycles. The summed E-state index contributed by atoms with van der Waals surface area (Å²) in [6.45, 7) is 0.121. The molecule has 2 amide bonds. The van der Waals surface area contributed by atoms with Crippen LogP contribution in [-0.2, 0) is 20.7 Å². The first-order valence-corrected chi connectivity index (χ1v) is 9.45. The number of cyclic esters (lactones) is 1. The molecular weight excluding hydrogens is 382 g/mol. The lowest BCUT2D eigenvalue weighted by Crippen LogP contribution is -2.45. The molecule has 2 aliphatic rings. The molecule has 27 heavy (non-hydrogen) atoms. The first-order valence-electron chi connectivity index (χ1n) is 8.13. The Bertz CT molecular complexity index is 784. The largest absolute Gasteiger partial charge is 0.610 e. The number of hydrogen-bond acceptors (Lipinski definition) is 6. The highest BCUT2D eigenvalue weighted by atomic mass is 32.2. The molecule has 2 heterocycles. The zero-order chi connectivity index (χ0) is 19.7. The van der Waals surface area contributed by atoms with Gasteiger partial charge in [0.05, 0.1) is 18.8 Å². The van der Waals surface area contributed by atoms with E-state index in [-0.39, 0.29) is 36.8 Å². The minimum atomic E-state index is -1.25. The fraction of sp³-hybridized carbons (Fsp3) is 0.438. The van der Waals surface area contributed by atoms with E-state index in [1.165, 1.54) is 19.0 Å². The number of carbonyl (C=O) groups is 2. The molecule has 3 rings (SSSR count). The monoisotopic (exact) mass is 400 g/mol. The Morgan fingerprint density at radius 2 is 2.07 bits per heavy atom. The summed E-state index contributed by atoms with van der Waals surface area (Å²) in [5.74, 6) is -2.02. The number of likely N-dealkylation sites (N-methyl/N-ethyl adjacent to an activating group) is 1. The van der Waals surface area contributed by atoms with Crippen LogP contribution in [0.3, 0.4) is 0 Å². The lowest BCUT2D eigenvalue weighted by atomic mass is 10.2.